The van der Waals surface area contributed by atoms with Crippen LogP contribution in [-0.2, 0) is 6.61 Å². The quantitative estimate of drug-likeness (QED) is 0.671. The summed E-state index contributed by atoms with van der Waals surface area (Å²) in [5.41, 5.74) is 6.44. The Bertz CT molecular complexity index is 981. The molecule has 1 aromatic heterocycles. The molecule has 0 fully saturated rings. The number of carbonyl (C=O) groups excluding carboxylic acids is 1. The largest absolute Gasteiger partial charge is 0.405 e. The Morgan fingerprint density at radius 3 is 2.59 bits per heavy atom. The van der Waals surface area contributed by atoms with Crippen LogP contribution in [0.25, 0.3) is 10.8 Å². The maximum absolute atomic E-state index is 12.9. The van der Waals surface area contributed by atoms with Gasteiger partial charge in [0.25, 0.3) is 11.5 Å². The van der Waals surface area contributed by atoms with E-state index in [-0.39, 0.29) is 29.8 Å². The molecule has 3 rings (SSSR count). The first kappa shape index (κ1) is 18.7. The van der Waals surface area contributed by atoms with Crippen molar-refractivity contribution in [1.29, 1.82) is 0 Å². The van der Waals surface area contributed by atoms with Gasteiger partial charge in [0.1, 0.15) is 12.3 Å². The number of nitrogens with zero attached hydrogens (tertiary/aromatic N) is 1. The van der Waals surface area contributed by atoms with E-state index in [9.17, 15) is 9.59 Å². The van der Waals surface area contributed by atoms with Crippen LogP contribution < -0.4 is 21.4 Å². The number of aromatic nitrogens is 1. The summed E-state index contributed by atoms with van der Waals surface area (Å²) in [5, 5.41) is 3.99. The third-order valence-corrected chi connectivity index (χ3v) is 4.21. The van der Waals surface area contributed by atoms with Crippen LogP contribution in [0.4, 0.5) is 0 Å². The second-order valence-corrected chi connectivity index (χ2v) is 6.50. The van der Waals surface area contributed by atoms with E-state index in [1.807, 2.05) is 43.3 Å². The highest BCUT2D eigenvalue weighted by Crippen LogP contribution is 2.12. The van der Waals surface area contributed by atoms with Gasteiger partial charge in [-0.15, -0.1) is 4.73 Å². The van der Waals surface area contributed by atoms with Gasteiger partial charge in [-0.25, -0.2) is 0 Å². The number of rotatable bonds is 7. The predicted molar refractivity (Wildman–Crippen MR) is 106 cm³/mol. The highest BCUT2D eigenvalue weighted by Gasteiger charge is 2.17. The molecule has 0 saturated heterocycles. The van der Waals surface area contributed by atoms with Crippen molar-refractivity contribution < 1.29 is 9.63 Å². The first-order valence-corrected chi connectivity index (χ1v) is 8.92. The summed E-state index contributed by atoms with van der Waals surface area (Å²) in [4.78, 5) is 31.3. The minimum absolute atomic E-state index is 0.0153. The molecule has 0 spiro atoms. The Morgan fingerprint density at radius 2 is 1.85 bits per heavy atom. The molecule has 0 radical (unpaired) electrons. The second kappa shape index (κ2) is 8.51. The molecule has 0 aliphatic rings. The summed E-state index contributed by atoms with van der Waals surface area (Å²) in [6.45, 7) is 2.48. The van der Waals surface area contributed by atoms with Crippen LogP contribution >= 0.6 is 0 Å². The van der Waals surface area contributed by atoms with Gasteiger partial charge in [-0.05, 0) is 36.4 Å². The zero-order valence-electron chi connectivity index (χ0n) is 15.2. The van der Waals surface area contributed by atoms with Crippen LogP contribution in [0, 0.1) is 0 Å². The molecule has 6 heteroatoms. The molecule has 0 aliphatic heterocycles. The third kappa shape index (κ3) is 4.54. The Balaban J connectivity index is 1.94. The first-order chi connectivity index (χ1) is 13.1. The fourth-order valence-corrected chi connectivity index (χ4v) is 2.75. The van der Waals surface area contributed by atoms with E-state index >= 15 is 0 Å². The molecule has 3 aromatic rings. The highest BCUT2D eigenvalue weighted by molar-refractivity contribution is 5.96. The van der Waals surface area contributed by atoms with Gasteiger partial charge in [0, 0.05) is 12.6 Å². The fraction of sp³-hybridized carbons (Fsp3) is 0.238. The van der Waals surface area contributed by atoms with Crippen LogP contribution in [0.2, 0.25) is 0 Å². The van der Waals surface area contributed by atoms with Crippen molar-refractivity contribution in [2.75, 3.05) is 6.54 Å². The minimum Gasteiger partial charge on any atom is -0.405 e. The maximum atomic E-state index is 12.9. The summed E-state index contributed by atoms with van der Waals surface area (Å²) in [5.74, 6) is -0.369. The second-order valence-electron chi connectivity index (χ2n) is 6.50. The average Bonchev–Trinajstić information content (AvgIpc) is 2.67. The van der Waals surface area contributed by atoms with Gasteiger partial charge in [-0.3, -0.25) is 9.59 Å². The zero-order chi connectivity index (χ0) is 19.2. The molecule has 1 unspecified atom stereocenters. The van der Waals surface area contributed by atoms with Gasteiger partial charge in [0.15, 0.2) is 0 Å². The summed E-state index contributed by atoms with van der Waals surface area (Å²) in [6.07, 6.45) is 0.647. The van der Waals surface area contributed by atoms with Crippen LogP contribution in [0.3, 0.4) is 0 Å². The zero-order valence-corrected chi connectivity index (χ0v) is 15.2. The average molecular weight is 365 g/mol. The molecule has 1 amide bonds. The van der Waals surface area contributed by atoms with E-state index in [0.717, 1.165) is 10.3 Å². The topological polar surface area (TPSA) is 86.4 Å². The summed E-state index contributed by atoms with van der Waals surface area (Å²) in [6, 6.07) is 18.3. The summed E-state index contributed by atoms with van der Waals surface area (Å²) in [7, 11) is 0. The molecule has 140 valence electrons. The molecule has 1 heterocycles. The van der Waals surface area contributed by atoms with Crippen LogP contribution in [0.5, 0.6) is 0 Å². The van der Waals surface area contributed by atoms with Gasteiger partial charge in [-0.2, -0.15) is 0 Å². The number of benzene rings is 2. The lowest BCUT2D eigenvalue weighted by Gasteiger charge is -2.15. The Morgan fingerprint density at radius 1 is 1.15 bits per heavy atom. The van der Waals surface area contributed by atoms with Gasteiger partial charge < -0.3 is 15.9 Å². The van der Waals surface area contributed by atoms with E-state index in [4.69, 9.17) is 10.6 Å². The van der Waals surface area contributed by atoms with Gasteiger partial charge in [-0.1, -0.05) is 48.5 Å². The normalized spacial score (nSPS) is 11.9. The SMILES string of the molecule is CC(N)CCNC(=O)c1cc2ccccc2c(=O)n1OCc1ccccc1. The van der Waals surface area contributed by atoms with Crippen LogP contribution in [0.1, 0.15) is 29.4 Å². The van der Waals surface area contributed by atoms with Crippen molar-refractivity contribution in [3.8, 4) is 0 Å². The number of nitrogens with one attached hydrogen (secondary N) is 1. The molecule has 6 nitrogen and oxygen atoms in total. The van der Waals surface area contributed by atoms with Crippen LogP contribution in [0.15, 0.2) is 65.5 Å². The van der Waals surface area contributed by atoms with E-state index in [1.165, 1.54) is 0 Å². The molecule has 3 N–H and O–H groups in total. The van der Waals surface area contributed by atoms with E-state index in [2.05, 4.69) is 5.32 Å². The number of amides is 1. The summed E-state index contributed by atoms with van der Waals surface area (Å²) >= 11 is 0. The molecule has 0 saturated carbocycles. The minimum atomic E-state index is -0.369. The number of nitrogens with two attached hydrogens (primary N) is 1. The van der Waals surface area contributed by atoms with Crippen molar-refractivity contribution in [2.24, 2.45) is 5.73 Å². The van der Waals surface area contributed by atoms with Crippen molar-refractivity contribution in [1.82, 2.24) is 10.0 Å². The molecule has 1 atom stereocenters. The Kier molecular flexibility index (Phi) is 5.88. The van der Waals surface area contributed by atoms with Gasteiger partial charge in [0.05, 0.1) is 5.39 Å². The van der Waals surface area contributed by atoms with Crippen molar-refractivity contribution in [3.63, 3.8) is 0 Å². The maximum Gasteiger partial charge on any atom is 0.291 e. The molecule has 2 aromatic carbocycles. The van der Waals surface area contributed by atoms with E-state index in [1.54, 1.807) is 24.3 Å². The number of carbonyl (C=O) groups is 1. The number of hydrogen-bond donors (Lipinski definition) is 2. The monoisotopic (exact) mass is 365 g/mol. The standard InChI is InChI=1S/C21H23N3O3/c1-15(22)11-12-23-20(25)19-13-17-9-5-6-10-18(17)21(26)24(19)27-14-16-7-3-2-4-8-16/h2-10,13,15H,11-12,14,22H2,1H3,(H,23,25). The fourth-order valence-electron chi connectivity index (χ4n) is 2.75. The van der Waals surface area contributed by atoms with Gasteiger partial charge in [0.2, 0.25) is 0 Å². The lowest BCUT2D eigenvalue weighted by atomic mass is 10.1. The molecule has 0 aliphatic carbocycles. The van der Waals surface area contributed by atoms with Crippen molar-refractivity contribution in [2.45, 2.75) is 26.0 Å². The van der Waals surface area contributed by atoms with E-state index < -0.39 is 0 Å². The van der Waals surface area contributed by atoms with Crippen molar-refractivity contribution in [3.05, 3.63) is 82.3 Å². The van der Waals surface area contributed by atoms with Crippen LogP contribution in [-0.4, -0.2) is 23.2 Å². The summed E-state index contributed by atoms with van der Waals surface area (Å²) < 4.78 is 1.08. The molecular weight excluding hydrogens is 342 g/mol. The smallest absolute Gasteiger partial charge is 0.291 e. The van der Waals surface area contributed by atoms with E-state index in [0.29, 0.717) is 23.7 Å². The number of pyridine rings is 1. The molecule has 0 bridgehead atoms. The third-order valence-electron chi connectivity index (χ3n) is 4.21. The predicted octanol–water partition coefficient (Wildman–Crippen LogP) is 2.10. The van der Waals surface area contributed by atoms with Crippen molar-refractivity contribution >= 4 is 16.7 Å². The van der Waals surface area contributed by atoms with Gasteiger partial charge >= 0.3 is 0 Å². The highest BCUT2D eigenvalue weighted by atomic mass is 16.7. The molecular formula is C21H23N3O3. The lowest BCUT2D eigenvalue weighted by molar-refractivity contribution is 0.0718. The number of fused-ring (bicyclic) bond motifs is 1. The number of hydrogen-bond acceptors (Lipinski definition) is 4. The first-order valence-electron chi connectivity index (χ1n) is 8.92. The molecule has 27 heavy (non-hydrogen) atoms. The lowest BCUT2D eigenvalue weighted by Crippen LogP contribution is -2.37. The Labute approximate surface area is 157 Å². The Hall–Kier alpha value is -3.12.